The molecule has 102 valence electrons. The van der Waals surface area contributed by atoms with Crippen molar-refractivity contribution in [1.29, 1.82) is 0 Å². The Morgan fingerprint density at radius 1 is 1.42 bits per heavy atom. The minimum Gasteiger partial charge on any atom is -0.398 e. The molecule has 1 aromatic heterocycles. The smallest absolute Gasteiger partial charge is 0.0954 e. The van der Waals surface area contributed by atoms with E-state index in [0.717, 1.165) is 33.3 Å². The Morgan fingerprint density at radius 3 is 2.84 bits per heavy atom. The number of nitrogen functional groups attached to an aromatic ring is 1. The van der Waals surface area contributed by atoms with Gasteiger partial charge in [0.1, 0.15) is 0 Å². The number of fused-ring (bicyclic) bond motifs is 1. The molecule has 1 aromatic carbocycles. The van der Waals surface area contributed by atoms with Gasteiger partial charge in [-0.3, -0.25) is 4.98 Å². The Hall–Kier alpha value is -1.33. The fourth-order valence-electron chi connectivity index (χ4n) is 2.19. The van der Waals surface area contributed by atoms with Crippen LogP contribution in [0.15, 0.2) is 28.9 Å². The van der Waals surface area contributed by atoms with Gasteiger partial charge in [0.2, 0.25) is 0 Å². The number of nitrogens with two attached hydrogens (primary N) is 1. The van der Waals surface area contributed by atoms with E-state index in [1.807, 2.05) is 18.2 Å². The van der Waals surface area contributed by atoms with Gasteiger partial charge >= 0.3 is 0 Å². The molecule has 0 aliphatic heterocycles. The largest absolute Gasteiger partial charge is 0.398 e. The van der Waals surface area contributed by atoms with Crippen molar-refractivity contribution in [3.63, 3.8) is 0 Å². The van der Waals surface area contributed by atoms with Gasteiger partial charge in [0.25, 0.3) is 0 Å². The molecule has 0 fully saturated rings. The summed E-state index contributed by atoms with van der Waals surface area (Å²) in [4.78, 5) is 6.62. The minimum atomic E-state index is 0.340. The highest BCUT2D eigenvalue weighted by atomic mass is 79.9. The van der Waals surface area contributed by atoms with E-state index in [2.05, 4.69) is 52.1 Å². The molecule has 0 radical (unpaired) electrons. The SMILES string of the molecule is CC(CN(C)C)Nc1ccc(N)c2cc(Br)cnc12. The number of benzene rings is 1. The molecule has 0 bridgehead atoms. The number of rotatable bonds is 4. The Labute approximate surface area is 122 Å². The molecule has 5 heteroatoms. The van der Waals surface area contributed by atoms with E-state index in [4.69, 9.17) is 5.73 Å². The molecule has 1 atom stereocenters. The third-order valence-corrected chi connectivity index (χ3v) is 3.32. The average Bonchev–Trinajstić information content (AvgIpc) is 2.32. The first-order valence-electron chi connectivity index (χ1n) is 6.22. The van der Waals surface area contributed by atoms with Gasteiger partial charge in [0.15, 0.2) is 0 Å². The normalized spacial score (nSPS) is 12.9. The molecule has 2 aromatic rings. The maximum Gasteiger partial charge on any atom is 0.0954 e. The zero-order valence-electron chi connectivity index (χ0n) is 11.4. The number of halogens is 1. The predicted molar refractivity (Wildman–Crippen MR) is 85.5 cm³/mol. The molecule has 2 rings (SSSR count). The summed E-state index contributed by atoms with van der Waals surface area (Å²) in [6.45, 7) is 3.11. The third kappa shape index (κ3) is 3.36. The molecule has 1 heterocycles. The van der Waals surface area contributed by atoms with Crippen LogP contribution in [0.3, 0.4) is 0 Å². The number of nitrogens with zero attached hydrogens (tertiary/aromatic N) is 2. The number of hydrogen-bond donors (Lipinski definition) is 2. The third-order valence-electron chi connectivity index (χ3n) is 2.89. The van der Waals surface area contributed by atoms with Crippen LogP contribution in [0.1, 0.15) is 6.92 Å². The van der Waals surface area contributed by atoms with Gasteiger partial charge in [0.05, 0.1) is 11.2 Å². The summed E-state index contributed by atoms with van der Waals surface area (Å²) in [5, 5.41) is 4.46. The Balaban J connectivity index is 2.36. The van der Waals surface area contributed by atoms with E-state index < -0.39 is 0 Å². The van der Waals surface area contributed by atoms with Gasteiger partial charge in [-0.1, -0.05) is 0 Å². The van der Waals surface area contributed by atoms with Crippen LogP contribution in [0.2, 0.25) is 0 Å². The van der Waals surface area contributed by atoms with Gasteiger partial charge in [-0.2, -0.15) is 0 Å². The van der Waals surface area contributed by atoms with E-state index in [0.29, 0.717) is 6.04 Å². The Bertz CT molecular complexity index is 583. The van der Waals surface area contributed by atoms with Crippen molar-refractivity contribution < 1.29 is 0 Å². The summed E-state index contributed by atoms with van der Waals surface area (Å²) < 4.78 is 0.935. The topological polar surface area (TPSA) is 54.2 Å². The second-order valence-electron chi connectivity index (χ2n) is 5.06. The molecule has 19 heavy (non-hydrogen) atoms. The van der Waals surface area contributed by atoms with Crippen molar-refractivity contribution in [3.8, 4) is 0 Å². The summed E-state index contributed by atoms with van der Waals surface area (Å²) >= 11 is 3.43. The van der Waals surface area contributed by atoms with E-state index in [1.54, 1.807) is 6.20 Å². The first-order chi connectivity index (χ1) is 8.97. The van der Waals surface area contributed by atoms with Crippen LogP contribution in [-0.4, -0.2) is 36.6 Å². The van der Waals surface area contributed by atoms with Crippen molar-refractivity contribution in [2.75, 3.05) is 31.7 Å². The zero-order valence-corrected chi connectivity index (χ0v) is 13.0. The quantitative estimate of drug-likeness (QED) is 0.850. The molecule has 3 N–H and O–H groups in total. The lowest BCUT2D eigenvalue weighted by atomic mass is 10.1. The lowest BCUT2D eigenvalue weighted by Gasteiger charge is -2.20. The Morgan fingerprint density at radius 2 is 2.16 bits per heavy atom. The van der Waals surface area contributed by atoms with E-state index >= 15 is 0 Å². The molecule has 0 aliphatic rings. The predicted octanol–water partition coefficient (Wildman–Crippen LogP) is 2.94. The van der Waals surface area contributed by atoms with Crippen LogP contribution in [0.5, 0.6) is 0 Å². The van der Waals surface area contributed by atoms with Gasteiger partial charge in [-0.15, -0.1) is 0 Å². The average molecular weight is 323 g/mol. The Kier molecular flexibility index (Phi) is 4.27. The first kappa shape index (κ1) is 14.1. The summed E-state index contributed by atoms with van der Waals surface area (Å²) in [5.74, 6) is 0. The van der Waals surface area contributed by atoms with Crippen LogP contribution >= 0.6 is 15.9 Å². The van der Waals surface area contributed by atoms with Crippen molar-refractivity contribution >= 4 is 38.2 Å². The highest BCUT2D eigenvalue weighted by Crippen LogP contribution is 2.29. The van der Waals surface area contributed by atoms with Crippen LogP contribution in [-0.2, 0) is 0 Å². The molecule has 0 saturated carbocycles. The molecular weight excluding hydrogens is 304 g/mol. The number of hydrogen-bond acceptors (Lipinski definition) is 4. The minimum absolute atomic E-state index is 0.340. The van der Waals surface area contributed by atoms with Gasteiger partial charge in [-0.05, 0) is 55.1 Å². The number of aromatic nitrogens is 1. The molecule has 1 unspecified atom stereocenters. The molecule has 0 amide bonds. The van der Waals surface area contributed by atoms with Gasteiger partial charge in [0, 0.05) is 34.3 Å². The lowest BCUT2D eigenvalue weighted by Crippen LogP contribution is -2.29. The fraction of sp³-hybridized carbons (Fsp3) is 0.357. The molecule has 4 nitrogen and oxygen atoms in total. The number of anilines is 2. The van der Waals surface area contributed by atoms with Crippen molar-refractivity contribution in [1.82, 2.24) is 9.88 Å². The highest BCUT2D eigenvalue weighted by Gasteiger charge is 2.09. The van der Waals surface area contributed by atoms with Crippen molar-refractivity contribution in [3.05, 3.63) is 28.9 Å². The van der Waals surface area contributed by atoms with Crippen LogP contribution in [0.25, 0.3) is 10.9 Å². The van der Waals surface area contributed by atoms with Gasteiger partial charge in [-0.25, -0.2) is 0 Å². The van der Waals surface area contributed by atoms with E-state index in [1.165, 1.54) is 0 Å². The zero-order chi connectivity index (χ0) is 14.0. The first-order valence-corrected chi connectivity index (χ1v) is 7.01. The molecule has 0 spiro atoms. The molecular formula is C14H19BrN4. The van der Waals surface area contributed by atoms with Crippen LogP contribution < -0.4 is 11.1 Å². The summed E-state index contributed by atoms with van der Waals surface area (Å²) in [5.41, 5.74) is 8.68. The summed E-state index contributed by atoms with van der Waals surface area (Å²) in [6, 6.07) is 6.25. The number of nitrogens with one attached hydrogen (secondary N) is 1. The van der Waals surface area contributed by atoms with Crippen molar-refractivity contribution in [2.24, 2.45) is 0 Å². The number of likely N-dealkylation sites (N-methyl/N-ethyl adjacent to an activating group) is 1. The van der Waals surface area contributed by atoms with Crippen LogP contribution in [0, 0.1) is 0 Å². The summed E-state index contributed by atoms with van der Waals surface area (Å²) in [6.07, 6.45) is 1.80. The second-order valence-corrected chi connectivity index (χ2v) is 5.98. The lowest BCUT2D eigenvalue weighted by molar-refractivity contribution is 0.392. The second kappa shape index (κ2) is 5.75. The van der Waals surface area contributed by atoms with Crippen molar-refractivity contribution in [2.45, 2.75) is 13.0 Å². The maximum atomic E-state index is 6.01. The monoisotopic (exact) mass is 322 g/mol. The summed E-state index contributed by atoms with van der Waals surface area (Å²) in [7, 11) is 4.13. The van der Waals surface area contributed by atoms with E-state index in [-0.39, 0.29) is 0 Å². The van der Waals surface area contributed by atoms with E-state index in [9.17, 15) is 0 Å². The standard InChI is InChI=1S/C14H19BrN4/c1-9(8-19(2)3)18-13-5-4-12(16)11-6-10(15)7-17-14(11)13/h4-7,9,18H,8,16H2,1-3H3. The molecule has 0 saturated heterocycles. The van der Waals surface area contributed by atoms with Gasteiger partial charge < -0.3 is 16.0 Å². The maximum absolute atomic E-state index is 6.01. The number of pyridine rings is 1. The molecule has 0 aliphatic carbocycles. The fourth-order valence-corrected chi connectivity index (χ4v) is 2.52. The highest BCUT2D eigenvalue weighted by molar-refractivity contribution is 9.10. The van der Waals surface area contributed by atoms with Crippen LogP contribution in [0.4, 0.5) is 11.4 Å².